The van der Waals surface area contributed by atoms with E-state index in [0.717, 1.165) is 5.56 Å². The second-order valence-corrected chi connectivity index (χ2v) is 3.79. The van der Waals surface area contributed by atoms with Crippen LogP contribution in [0.5, 0.6) is 11.5 Å². The van der Waals surface area contributed by atoms with Gasteiger partial charge in [0.2, 0.25) is 0 Å². The molecular weight excluding hydrogens is 228 g/mol. The summed E-state index contributed by atoms with van der Waals surface area (Å²) in [6.45, 7) is 3.25. The maximum absolute atomic E-state index is 12.5. The van der Waals surface area contributed by atoms with Gasteiger partial charge in [-0.3, -0.25) is 0 Å². The second-order valence-electron chi connectivity index (χ2n) is 3.79. The molecule has 3 nitrogen and oxygen atoms in total. The van der Waals surface area contributed by atoms with Crippen molar-refractivity contribution in [2.45, 2.75) is 26.3 Å². The zero-order valence-electron chi connectivity index (χ0n) is 10.4. The van der Waals surface area contributed by atoms with Crippen molar-refractivity contribution in [3.8, 4) is 11.5 Å². The zero-order valence-corrected chi connectivity index (χ0v) is 10.4. The molecule has 1 N–H and O–H groups in total. The van der Waals surface area contributed by atoms with Gasteiger partial charge in [-0.1, -0.05) is 0 Å². The minimum Gasteiger partial charge on any atom is -0.493 e. The Morgan fingerprint density at radius 3 is 2.12 bits per heavy atom. The Labute approximate surface area is 99.7 Å². The van der Waals surface area contributed by atoms with Gasteiger partial charge in [-0.15, -0.1) is 0 Å². The van der Waals surface area contributed by atoms with E-state index in [2.05, 4.69) is 5.32 Å². The molecule has 0 aliphatic carbocycles. The lowest BCUT2D eigenvalue weighted by atomic mass is 10.1. The lowest BCUT2D eigenvalue weighted by Crippen LogP contribution is -2.24. The number of alkyl halides is 2. The Balaban J connectivity index is 3.00. The van der Waals surface area contributed by atoms with Crippen LogP contribution in [-0.4, -0.2) is 26.7 Å². The second kappa shape index (κ2) is 5.70. The summed E-state index contributed by atoms with van der Waals surface area (Å²) in [6.07, 6.45) is -2.41. The van der Waals surface area contributed by atoms with Gasteiger partial charge in [0, 0.05) is 11.8 Å². The van der Waals surface area contributed by atoms with Gasteiger partial charge in [0.25, 0.3) is 6.43 Å². The highest BCUT2D eigenvalue weighted by atomic mass is 19.3. The van der Waals surface area contributed by atoms with Crippen molar-refractivity contribution in [3.63, 3.8) is 0 Å². The van der Waals surface area contributed by atoms with Crippen molar-refractivity contribution in [2.75, 3.05) is 19.5 Å². The highest BCUT2D eigenvalue weighted by molar-refractivity contribution is 5.60. The Morgan fingerprint density at radius 2 is 1.65 bits per heavy atom. The van der Waals surface area contributed by atoms with Crippen LogP contribution in [0.1, 0.15) is 12.5 Å². The van der Waals surface area contributed by atoms with Gasteiger partial charge in [0.05, 0.1) is 20.3 Å². The first-order valence-corrected chi connectivity index (χ1v) is 5.27. The van der Waals surface area contributed by atoms with E-state index in [-0.39, 0.29) is 0 Å². The van der Waals surface area contributed by atoms with E-state index >= 15 is 0 Å². The molecule has 0 aliphatic heterocycles. The molecule has 1 aromatic rings. The fraction of sp³-hybridized carbons (Fsp3) is 0.500. The normalized spacial score (nSPS) is 12.4. The van der Waals surface area contributed by atoms with Gasteiger partial charge in [-0.25, -0.2) is 8.78 Å². The van der Waals surface area contributed by atoms with Gasteiger partial charge in [-0.05, 0) is 25.5 Å². The molecule has 17 heavy (non-hydrogen) atoms. The molecule has 0 radical (unpaired) electrons. The Morgan fingerprint density at radius 1 is 1.12 bits per heavy atom. The molecule has 0 bridgehead atoms. The van der Waals surface area contributed by atoms with Crippen LogP contribution in [0.4, 0.5) is 14.5 Å². The third-order valence-electron chi connectivity index (χ3n) is 2.49. The molecule has 0 fully saturated rings. The summed E-state index contributed by atoms with van der Waals surface area (Å²) in [5.74, 6) is 1.10. The van der Waals surface area contributed by atoms with Crippen molar-refractivity contribution in [2.24, 2.45) is 0 Å². The Hall–Kier alpha value is -1.52. The Kier molecular flexibility index (Phi) is 4.54. The number of aryl methyl sites for hydroxylation is 1. The molecule has 0 spiro atoms. The molecule has 1 unspecified atom stereocenters. The quantitative estimate of drug-likeness (QED) is 0.864. The minimum atomic E-state index is -2.41. The smallest absolute Gasteiger partial charge is 0.258 e. The number of halogens is 2. The lowest BCUT2D eigenvalue weighted by molar-refractivity contribution is 0.130. The monoisotopic (exact) mass is 245 g/mol. The molecule has 0 aromatic heterocycles. The first kappa shape index (κ1) is 13.5. The van der Waals surface area contributed by atoms with Crippen LogP contribution >= 0.6 is 0 Å². The van der Waals surface area contributed by atoms with Gasteiger partial charge >= 0.3 is 0 Å². The Bertz CT molecular complexity index is 383. The van der Waals surface area contributed by atoms with Crippen LogP contribution in [0, 0.1) is 6.92 Å². The highest BCUT2D eigenvalue weighted by Gasteiger charge is 2.16. The third-order valence-corrected chi connectivity index (χ3v) is 2.49. The first-order chi connectivity index (χ1) is 7.99. The average molecular weight is 245 g/mol. The largest absolute Gasteiger partial charge is 0.493 e. The molecule has 0 aliphatic rings. The van der Waals surface area contributed by atoms with Crippen molar-refractivity contribution in [1.29, 1.82) is 0 Å². The molecule has 1 rings (SSSR count). The molecule has 0 amide bonds. The number of rotatable bonds is 5. The summed E-state index contributed by atoms with van der Waals surface area (Å²) in [5.41, 5.74) is 1.45. The highest BCUT2D eigenvalue weighted by Crippen LogP contribution is 2.33. The number of benzene rings is 1. The number of ether oxygens (including phenoxy) is 2. The molecule has 1 aromatic carbocycles. The molecule has 5 heteroatoms. The summed E-state index contributed by atoms with van der Waals surface area (Å²) in [6, 6.07) is 2.50. The minimum absolute atomic E-state index is 0.516. The standard InChI is InChI=1S/C12H17F2NO2/c1-7-5-10(16-3)11(17-4)6-9(7)15-8(2)12(13)14/h5-6,8,12,15H,1-4H3. The van der Waals surface area contributed by atoms with Crippen LogP contribution in [0.2, 0.25) is 0 Å². The number of hydrogen-bond acceptors (Lipinski definition) is 3. The van der Waals surface area contributed by atoms with Crippen LogP contribution in [0.15, 0.2) is 12.1 Å². The van der Waals surface area contributed by atoms with E-state index in [0.29, 0.717) is 17.2 Å². The predicted octanol–water partition coefficient (Wildman–Crippen LogP) is 3.08. The molecule has 0 saturated carbocycles. The van der Waals surface area contributed by atoms with Crippen molar-refractivity contribution < 1.29 is 18.3 Å². The van der Waals surface area contributed by atoms with E-state index in [4.69, 9.17) is 9.47 Å². The van der Waals surface area contributed by atoms with E-state index in [1.807, 2.05) is 6.92 Å². The van der Waals surface area contributed by atoms with Crippen LogP contribution < -0.4 is 14.8 Å². The molecule has 0 heterocycles. The third kappa shape index (κ3) is 3.22. The van der Waals surface area contributed by atoms with Crippen molar-refractivity contribution in [1.82, 2.24) is 0 Å². The SMILES string of the molecule is COc1cc(C)c(NC(C)C(F)F)cc1OC. The van der Waals surface area contributed by atoms with E-state index in [9.17, 15) is 8.78 Å². The zero-order chi connectivity index (χ0) is 13.0. The van der Waals surface area contributed by atoms with Gasteiger partial charge in [0.15, 0.2) is 11.5 Å². The van der Waals surface area contributed by atoms with Gasteiger partial charge in [-0.2, -0.15) is 0 Å². The summed E-state index contributed by atoms with van der Waals surface area (Å²) >= 11 is 0. The summed E-state index contributed by atoms with van der Waals surface area (Å²) in [4.78, 5) is 0. The summed E-state index contributed by atoms with van der Waals surface area (Å²) in [5, 5.41) is 2.75. The molecule has 0 saturated heterocycles. The maximum Gasteiger partial charge on any atom is 0.258 e. The molecule has 96 valence electrons. The van der Waals surface area contributed by atoms with Gasteiger partial charge in [0.1, 0.15) is 0 Å². The number of anilines is 1. The summed E-state index contributed by atoms with van der Waals surface area (Å²) < 4.78 is 35.2. The van der Waals surface area contributed by atoms with E-state index in [1.54, 1.807) is 12.1 Å². The fourth-order valence-electron chi connectivity index (χ4n) is 1.44. The average Bonchev–Trinajstić information content (AvgIpc) is 2.30. The van der Waals surface area contributed by atoms with Crippen LogP contribution in [-0.2, 0) is 0 Å². The predicted molar refractivity (Wildman–Crippen MR) is 63.4 cm³/mol. The number of hydrogen-bond donors (Lipinski definition) is 1. The van der Waals surface area contributed by atoms with Gasteiger partial charge < -0.3 is 14.8 Å². The van der Waals surface area contributed by atoms with E-state index < -0.39 is 12.5 Å². The van der Waals surface area contributed by atoms with E-state index in [1.165, 1.54) is 21.1 Å². The maximum atomic E-state index is 12.5. The lowest BCUT2D eigenvalue weighted by Gasteiger charge is -2.18. The molecular formula is C12H17F2NO2. The number of methoxy groups -OCH3 is 2. The van der Waals surface area contributed by atoms with Crippen LogP contribution in [0.3, 0.4) is 0 Å². The fourth-order valence-corrected chi connectivity index (χ4v) is 1.44. The molecule has 1 atom stereocenters. The van der Waals surface area contributed by atoms with Crippen molar-refractivity contribution in [3.05, 3.63) is 17.7 Å². The summed E-state index contributed by atoms with van der Waals surface area (Å²) in [7, 11) is 3.04. The van der Waals surface area contributed by atoms with Crippen LogP contribution in [0.25, 0.3) is 0 Å². The first-order valence-electron chi connectivity index (χ1n) is 5.27. The van der Waals surface area contributed by atoms with Crippen molar-refractivity contribution >= 4 is 5.69 Å². The number of nitrogens with one attached hydrogen (secondary N) is 1. The topological polar surface area (TPSA) is 30.5 Å².